The van der Waals surface area contributed by atoms with Crippen LogP contribution in [0.1, 0.15) is 16.8 Å². The maximum Gasteiger partial charge on any atom is 0.329 e. The molecular formula is C16H22N2O6S. The maximum absolute atomic E-state index is 12.2. The third kappa shape index (κ3) is 7.79. The third-order valence-electron chi connectivity index (χ3n) is 3.24. The number of benzene rings is 1. The molecule has 0 aliphatic carbocycles. The van der Waals surface area contributed by atoms with Gasteiger partial charge in [0, 0.05) is 25.9 Å². The lowest BCUT2D eigenvalue weighted by Gasteiger charge is -2.18. The Morgan fingerprint density at radius 3 is 2.28 bits per heavy atom. The highest BCUT2D eigenvalue weighted by Crippen LogP contribution is 2.04. The Morgan fingerprint density at radius 2 is 1.76 bits per heavy atom. The van der Waals surface area contributed by atoms with Crippen molar-refractivity contribution >= 4 is 27.6 Å². The number of ether oxygens (including phenoxy) is 1. The average Bonchev–Trinajstić information content (AvgIpc) is 2.55. The van der Waals surface area contributed by atoms with E-state index in [9.17, 15) is 22.8 Å². The number of likely N-dealkylation sites (N-methyl/N-ethyl adjacent to an activating group) is 1. The fourth-order valence-electron chi connectivity index (χ4n) is 1.77. The van der Waals surface area contributed by atoms with Crippen molar-refractivity contribution in [1.29, 1.82) is 0 Å². The molecule has 2 amide bonds. The van der Waals surface area contributed by atoms with Crippen LogP contribution in [0.5, 0.6) is 0 Å². The van der Waals surface area contributed by atoms with Crippen LogP contribution in [0, 0.1) is 0 Å². The van der Waals surface area contributed by atoms with Gasteiger partial charge in [0.25, 0.3) is 11.8 Å². The largest absolute Gasteiger partial charge is 0.454 e. The van der Waals surface area contributed by atoms with Crippen molar-refractivity contribution in [2.45, 2.75) is 12.5 Å². The Morgan fingerprint density at radius 1 is 1.16 bits per heavy atom. The second-order valence-electron chi connectivity index (χ2n) is 5.71. The topological polar surface area (TPSA) is 110 Å². The van der Waals surface area contributed by atoms with Crippen LogP contribution in [0.15, 0.2) is 30.3 Å². The Hall–Kier alpha value is -2.42. The Labute approximate surface area is 147 Å². The number of hydrogen-bond donors (Lipinski definition) is 1. The number of amides is 2. The Balaban J connectivity index is 2.79. The summed E-state index contributed by atoms with van der Waals surface area (Å²) in [6.45, 7) is -0.484. The van der Waals surface area contributed by atoms with Crippen molar-refractivity contribution in [3.05, 3.63) is 35.9 Å². The molecular weight excluding hydrogens is 348 g/mol. The van der Waals surface area contributed by atoms with E-state index in [1.54, 1.807) is 30.3 Å². The molecule has 1 N–H and O–H groups in total. The lowest BCUT2D eigenvalue weighted by atomic mass is 10.1. The first-order valence-corrected chi connectivity index (χ1v) is 9.56. The van der Waals surface area contributed by atoms with Crippen molar-refractivity contribution in [2.24, 2.45) is 0 Å². The summed E-state index contributed by atoms with van der Waals surface area (Å²) in [4.78, 5) is 37.1. The zero-order valence-electron chi connectivity index (χ0n) is 14.4. The molecule has 1 rings (SSSR count). The van der Waals surface area contributed by atoms with E-state index in [-0.39, 0.29) is 12.2 Å². The van der Waals surface area contributed by atoms with Crippen molar-refractivity contribution < 1.29 is 27.5 Å². The maximum atomic E-state index is 12.2. The highest BCUT2D eigenvalue weighted by molar-refractivity contribution is 7.90. The van der Waals surface area contributed by atoms with Crippen molar-refractivity contribution in [1.82, 2.24) is 10.2 Å². The predicted octanol–water partition coefficient (Wildman–Crippen LogP) is -0.149. The number of hydrogen-bond acceptors (Lipinski definition) is 6. The number of sulfone groups is 1. The van der Waals surface area contributed by atoms with Crippen LogP contribution < -0.4 is 5.32 Å². The Bertz CT molecular complexity index is 715. The minimum absolute atomic E-state index is 0.146. The Kier molecular flexibility index (Phi) is 7.56. The summed E-state index contributed by atoms with van der Waals surface area (Å²) in [5, 5.41) is 2.46. The van der Waals surface area contributed by atoms with E-state index in [0.29, 0.717) is 5.56 Å². The number of carbonyl (C=O) groups is 3. The molecule has 0 saturated heterocycles. The molecule has 0 saturated carbocycles. The van der Waals surface area contributed by atoms with Crippen molar-refractivity contribution in [3.63, 3.8) is 0 Å². The van der Waals surface area contributed by atoms with E-state index < -0.39 is 40.3 Å². The van der Waals surface area contributed by atoms with Crippen LogP contribution in [-0.2, 0) is 24.2 Å². The van der Waals surface area contributed by atoms with Gasteiger partial charge < -0.3 is 15.0 Å². The lowest BCUT2D eigenvalue weighted by Crippen LogP contribution is -2.44. The third-order valence-corrected chi connectivity index (χ3v) is 4.22. The highest BCUT2D eigenvalue weighted by Gasteiger charge is 2.25. The van der Waals surface area contributed by atoms with Gasteiger partial charge >= 0.3 is 5.97 Å². The molecule has 0 heterocycles. The lowest BCUT2D eigenvalue weighted by molar-refractivity contribution is -0.152. The quantitative estimate of drug-likeness (QED) is 0.638. The van der Waals surface area contributed by atoms with Crippen LogP contribution in [0.4, 0.5) is 0 Å². The van der Waals surface area contributed by atoms with Gasteiger partial charge in [-0.2, -0.15) is 0 Å². The first-order chi connectivity index (χ1) is 11.6. The summed E-state index contributed by atoms with van der Waals surface area (Å²) in [7, 11) is -0.315. The van der Waals surface area contributed by atoms with Crippen molar-refractivity contribution in [3.8, 4) is 0 Å². The van der Waals surface area contributed by atoms with Gasteiger partial charge in [0.05, 0.1) is 5.75 Å². The zero-order valence-corrected chi connectivity index (χ0v) is 15.2. The zero-order chi connectivity index (χ0) is 19.0. The van der Waals surface area contributed by atoms with Gasteiger partial charge in [0.15, 0.2) is 6.61 Å². The summed E-state index contributed by atoms with van der Waals surface area (Å²) in [6, 6.07) is 7.01. The number of carbonyl (C=O) groups excluding carboxylic acids is 3. The van der Waals surface area contributed by atoms with Crippen LogP contribution in [0.25, 0.3) is 0 Å². The van der Waals surface area contributed by atoms with Crippen LogP contribution in [0.3, 0.4) is 0 Å². The summed E-state index contributed by atoms with van der Waals surface area (Å²) >= 11 is 0. The molecule has 0 aliphatic rings. The van der Waals surface area contributed by atoms with Gasteiger partial charge in [0.2, 0.25) is 0 Å². The molecule has 0 fully saturated rings. The van der Waals surface area contributed by atoms with E-state index in [0.717, 1.165) is 6.26 Å². The van der Waals surface area contributed by atoms with Crippen LogP contribution >= 0.6 is 0 Å². The molecule has 138 valence electrons. The van der Waals surface area contributed by atoms with Gasteiger partial charge in [-0.05, 0) is 18.6 Å². The molecule has 0 unspecified atom stereocenters. The van der Waals surface area contributed by atoms with E-state index in [2.05, 4.69) is 5.32 Å². The second kappa shape index (κ2) is 9.16. The first kappa shape index (κ1) is 20.6. The van der Waals surface area contributed by atoms with Gasteiger partial charge in [-0.25, -0.2) is 13.2 Å². The molecule has 0 bridgehead atoms. The molecule has 0 aromatic heterocycles. The summed E-state index contributed by atoms with van der Waals surface area (Å²) in [5.41, 5.74) is 0.323. The number of nitrogens with zero attached hydrogens (tertiary/aromatic N) is 1. The monoisotopic (exact) mass is 370 g/mol. The minimum atomic E-state index is -3.33. The molecule has 8 nitrogen and oxygen atoms in total. The molecule has 0 aliphatic heterocycles. The average molecular weight is 370 g/mol. The molecule has 0 spiro atoms. The van der Waals surface area contributed by atoms with Gasteiger partial charge in [-0.15, -0.1) is 0 Å². The van der Waals surface area contributed by atoms with Crippen LogP contribution in [0.2, 0.25) is 0 Å². The van der Waals surface area contributed by atoms with Crippen molar-refractivity contribution in [2.75, 3.05) is 32.7 Å². The van der Waals surface area contributed by atoms with E-state index in [1.807, 2.05) is 0 Å². The first-order valence-electron chi connectivity index (χ1n) is 7.50. The normalized spacial score (nSPS) is 12.1. The summed E-state index contributed by atoms with van der Waals surface area (Å²) in [5.74, 6) is -2.12. The molecule has 1 aromatic rings. The number of rotatable bonds is 8. The summed E-state index contributed by atoms with van der Waals surface area (Å²) < 4.78 is 27.6. The van der Waals surface area contributed by atoms with E-state index in [1.165, 1.54) is 19.0 Å². The van der Waals surface area contributed by atoms with Gasteiger partial charge in [0.1, 0.15) is 15.9 Å². The molecule has 25 heavy (non-hydrogen) atoms. The van der Waals surface area contributed by atoms with E-state index in [4.69, 9.17) is 4.74 Å². The van der Waals surface area contributed by atoms with Crippen LogP contribution in [-0.4, -0.2) is 69.9 Å². The highest BCUT2D eigenvalue weighted by atomic mass is 32.2. The van der Waals surface area contributed by atoms with Gasteiger partial charge in [-0.1, -0.05) is 18.2 Å². The summed E-state index contributed by atoms with van der Waals surface area (Å²) in [6.07, 6.45) is 0.885. The predicted molar refractivity (Wildman–Crippen MR) is 91.7 cm³/mol. The smallest absolute Gasteiger partial charge is 0.329 e. The van der Waals surface area contributed by atoms with Gasteiger partial charge in [-0.3, -0.25) is 9.59 Å². The number of nitrogens with one attached hydrogen (secondary N) is 1. The molecule has 1 atom stereocenters. The minimum Gasteiger partial charge on any atom is -0.454 e. The second-order valence-corrected chi connectivity index (χ2v) is 7.97. The fourth-order valence-corrected chi connectivity index (χ4v) is 2.44. The molecule has 0 radical (unpaired) electrons. The fraction of sp³-hybridized carbons (Fsp3) is 0.438. The number of esters is 1. The molecule has 1 aromatic carbocycles. The van der Waals surface area contributed by atoms with E-state index >= 15 is 0 Å². The standard InChI is InChI=1S/C16H22N2O6S/c1-18(2)14(19)11-24-16(21)13(9-10-25(3,22)23)17-15(20)12-7-5-4-6-8-12/h4-8,13H,9-11H2,1-3H3,(H,17,20)/t13-/m0/s1. The SMILES string of the molecule is CN(C)C(=O)COC(=O)[C@H](CCS(C)(=O)=O)NC(=O)c1ccccc1. The molecule has 9 heteroatoms.